The Morgan fingerprint density at radius 3 is 2.88 bits per heavy atom. The summed E-state index contributed by atoms with van der Waals surface area (Å²) in [5.74, 6) is -0.0857. The summed E-state index contributed by atoms with van der Waals surface area (Å²) in [7, 11) is 0. The van der Waals surface area contributed by atoms with Crippen LogP contribution in [0.3, 0.4) is 0 Å². The minimum Gasteiger partial charge on any atom is -0.466 e. The Morgan fingerprint density at radius 2 is 2.25 bits per heavy atom. The zero-order chi connectivity index (χ0) is 11.8. The molecule has 1 heterocycles. The van der Waals surface area contributed by atoms with Gasteiger partial charge >= 0.3 is 5.97 Å². The van der Waals surface area contributed by atoms with Crippen molar-refractivity contribution in [2.24, 2.45) is 0 Å². The fourth-order valence-electron chi connectivity index (χ4n) is 1.54. The van der Waals surface area contributed by atoms with Crippen molar-refractivity contribution in [1.82, 2.24) is 9.78 Å². The number of aryl methyl sites for hydroxylation is 2. The number of carbonyl (C=O) groups is 1. The Labute approximate surface area is 96.6 Å². The quantitative estimate of drug-likeness (QED) is 0.527. The van der Waals surface area contributed by atoms with E-state index in [1.807, 2.05) is 30.9 Å². The first-order valence-corrected chi connectivity index (χ1v) is 5.87. The van der Waals surface area contributed by atoms with Crippen LogP contribution in [0.15, 0.2) is 12.4 Å². The predicted molar refractivity (Wildman–Crippen MR) is 62.1 cm³/mol. The smallest absolute Gasteiger partial charge is 0.305 e. The zero-order valence-electron chi connectivity index (χ0n) is 10.1. The van der Waals surface area contributed by atoms with Crippen LogP contribution in [0.4, 0.5) is 0 Å². The van der Waals surface area contributed by atoms with Crippen LogP contribution in [0.5, 0.6) is 0 Å². The van der Waals surface area contributed by atoms with E-state index in [1.54, 1.807) is 0 Å². The summed E-state index contributed by atoms with van der Waals surface area (Å²) in [6.45, 7) is 5.27. The summed E-state index contributed by atoms with van der Waals surface area (Å²) in [6, 6.07) is 0. The lowest BCUT2D eigenvalue weighted by atomic mass is 10.2. The van der Waals surface area contributed by atoms with Gasteiger partial charge < -0.3 is 4.74 Å². The van der Waals surface area contributed by atoms with Crippen LogP contribution < -0.4 is 0 Å². The maximum atomic E-state index is 11.0. The third-order valence-electron chi connectivity index (χ3n) is 2.34. The van der Waals surface area contributed by atoms with Crippen molar-refractivity contribution in [2.75, 3.05) is 6.61 Å². The Bertz CT molecular complexity index is 321. The molecule has 0 saturated carbocycles. The van der Waals surface area contributed by atoms with Crippen LogP contribution >= 0.6 is 0 Å². The fraction of sp³-hybridized carbons (Fsp3) is 0.667. The Morgan fingerprint density at radius 1 is 1.44 bits per heavy atom. The van der Waals surface area contributed by atoms with Gasteiger partial charge in [-0.2, -0.15) is 5.10 Å². The molecule has 1 aromatic heterocycles. The molecule has 1 rings (SSSR count). The SMILES string of the molecule is CCOC(=O)CCCCCn1cc(C)cn1. The first-order chi connectivity index (χ1) is 7.72. The number of ether oxygens (including phenoxy) is 1. The molecule has 4 heteroatoms. The second-order valence-corrected chi connectivity index (χ2v) is 3.90. The number of rotatable bonds is 7. The maximum Gasteiger partial charge on any atom is 0.305 e. The van der Waals surface area contributed by atoms with E-state index < -0.39 is 0 Å². The molecule has 0 atom stereocenters. The first-order valence-electron chi connectivity index (χ1n) is 5.87. The lowest BCUT2D eigenvalue weighted by Gasteiger charge is -2.02. The van der Waals surface area contributed by atoms with Gasteiger partial charge in [-0.3, -0.25) is 9.48 Å². The second kappa shape index (κ2) is 7.04. The number of unbranched alkanes of at least 4 members (excludes halogenated alkanes) is 2. The highest BCUT2D eigenvalue weighted by Gasteiger charge is 2.00. The summed E-state index contributed by atoms with van der Waals surface area (Å²) in [5, 5.41) is 4.20. The molecule has 0 amide bonds. The normalized spacial score (nSPS) is 10.4. The number of nitrogens with zero attached hydrogens (tertiary/aromatic N) is 2. The fourth-order valence-corrected chi connectivity index (χ4v) is 1.54. The van der Waals surface area contributed by atoms with Crippen molar-refractivity contribution in [2.45, 2.75) is 46.1 Å². The van der Waals surface area contributed by atoms with Gasteiger partial charge in [0.1, 0.15) is 0 Å². The van der Waals surface area contributed by atoms with Crippen molar-refractivity contribution in [3.8, 4) is 0 Å². The molecule has 0 bridgehead atoms. The molecular formula is C12H20N2O2. The monoisotopic (exact) mass is 224 g/mol. The Kier molecular flexibility index (Phi) is 5.61. The average Bonchev–Trinajstić information content (AvgIpc) is 2.64. The molecule has 4 nitrogen and oxygen atoms in total. The first kappa shape index (κ1) is 12.7. The maximum absolute atomic E-state index is 11.0. The van der Waals surface area contributed by atoms with Crippen LogP contribution in [0, 0.1) is 6.92 Å². The van der Waals surface area contributed by atoms with Crippen molar-refractivity contribution in [3.63, 3.8) is 0 Å². The van der Waals surface area contributed by atoms with E-state index in [4.69, 9.17) is 4.74 Å². The molecule has 0 unspecified atom stereocenters. The van der Waals surface area contributed by atoms with Crippen molar-refractivity contribution in [1.29, 1.82) is 0 Å². The van der Waals surface area contributed by atoms with Gasteiger partial charge in [0.05, 0.1) is 12.8 Å². The standard InChI is InChI=1S/C12H20N2O2/c1-3-16-12(15)7-5-4-6-8-14-10-11(2)9-13-14/h9-10H,3-8H2,1-2H3. The molecular weight excluding hydrogens is 204 g/mol. The lowest BCUT2D eigenvalue weighted by molar-refractivity contribution is -0.143. The van der Waals surface area contributed by atoms with Gasteiger partial charge in [-0.05, 0) is 32.3 Å². The van der Waals surface area contributed by atoms with Gasteiger partial charge in [0.15, 0.2) is 0 Å². The van der Waals surface area contributed by atoms with E-state index in [2.05, 4.69) is 5.10 Å². The molecule has 1 aromatic rings. The molecule has 0 aliphatic rings. The summed E-state index contributed by atoms with van der Waals surface area (Å²) in [4.78, 5) is 11.0. The van der Waals surface area contributed by atoms with E-state index in [0.717, 1.165) is 25.8 Å². The predicted octanol–water partition coefficient (Wildman–Crippen LogP) is 2.32. The van der Waals surface area contributed by atoms with E-state index in [9.17, 15) is 4.79 Å². The number of esters is 1. The van der Waals surface area contributed by atoms with Crippen LogP contribution in [-0.2, 0) is 16.1 Å². The highest BCUT2D eigenvalue weighted by atomic mass is 16.5. The molecule has 0 saturated heterocycles. The van der Waals surface area contributed by atoms with Crippen molar-refractivity contribution >= 4 is 5.97 Å². The summed E-state index contributed by atoms with van der Waals surface area (Å²) >= 11 is 0. The second-order valence-electron chi connectivity index (χ2n) is 3.90. The third kappa shape index (κ3) is 4.96. The molecule has 16 heavy (non-hydrogen) atoms. The lowest BCUT2D eigenvalue weighted by Crippen LogP contribution is -2.04. The minimum absolute atomic E-state index is 0.0857. The molecule has 0 aliphatic carbocycles. The topological polar surface area (TPSA) is 44.1 Å². The number of aromatic nitrogens is 2. The molecule has 0 aromatic carbocycles. The average molecular weight is 224 g/mol. The van der Waals surface area contributed by atoms with Gasteiger partial charge in [0, 0.05) is 19.2 Å². The highest BCUT2D eigenvalue weighted by molar-refractivity contribution is 5.69. The Balaban J connectivity index is 2.02. The summed E-state index contributed by atoms with van der Waals surface area (Å²) in [5.41, 5.74) is 1.19. The van der Waals surface area contributed by atoms with Crippen LogP contribution in [0.25, 0.3) is 0 Å². The molecule has 0 spiro atoms. The summed E-state index contributed by atoms with van der Waals surface area (Å²) in [6.07, 6.45) is 7.42. The van der Waals surface area contributed by atoms with Gasteiger partial charge in [-0.15, -0.1) is 0 Å². The third-order valence-corrected chi connectivity index (χ3v) is 2.34. The summed E-state index contributed by atoms with van der Waals surface area (Å²) < 4.78 is 6.80. The van der Waals surface area contributed by atoms with Gasteiger partial charge in [-0.1, -0.05) is 6.42 Å². The van der Waals surface area contributed by atoms with E-state index in [0.29, 0.717) is 13.0 Å². The number of carbonyl (C=O) groups excluding carboxylic acids is 1. The largest absolute Gasteiger partial charge is 0.466 e. The number of hydrogen-bond acceptors (Lipinski definition) is 3. The van der Waals surface area contributed by atoms with Crippen molar-refractivity contribution in [3.05, 3.63) is 18.0 Å². The van der Waals surface area contributed by atoms with Gasteiger partial charge in [0.25, 0.3) is 0 Å². The van der Waals surface area contributed by atoms with Gasteiger partial charge in [-0.25, -0.2) is 0 Å². The molecule has 90 valence electrons. The van der Waals surface area contributed by atoms with E-state index in [1.165, 1.54) is 5.56 Å². The van der Waals surface area contributed by atoms with E-state index in [-0.39, 0.29) is 5.97 Å². The molecule has 0 fully saturated rings. The molecule has 0 aliphatic heterocycles. The zero-order valence-corrected chi connectivity index (χ0v) is 10.1. The van der Waals surface area contributed by atoms with Crippen LogP contribution in [0.1, 0.15) is 38.2 Å². The van der Waals surface area contributed by atoms with Crippen molar-refractivity contribution < 1.29 is 9.53 Å². The highest BCUT2D eigenvalue weighted by Crippen LogP contribution is 2.04. The molecule has 0 radical (unpaired) electrons. The van der Waals surface area contributed by atoms with Crippen LogP contribution in [0.2, 0.25) is 0 Å². The van der Waals surface area contributed by atoms with E-state index >= 15 is 0 Å². The van der Waals surface area contributed by atoms with Gasteiger partial charge in [0.2, 0.25) is 0 Å². The minimum atomic E-state index is -0.0857. The molecule has 0 N–H and O–H groups in total. The van der Waals surface area contributed by atoms with Crippen LogP contribution in [-0.4, -0.2) is 22.4 Å². The number of hydrogen-bond donors (Lipinski definition) is 0. The Hall–Kier alpha value is -1.32.